The third-order valence-corrected chi connectivity index (χ3v) is 3.86. The number of H-pyrrole nitrogens is 1. The molecule has 10 nitrogen and oxygen atoms in total. The van der Waals surface area contributed by atoms with Crippen LogP contribution < -0.4 is 11.3 Å². The number of carbonyl (C=O) groups excluding carboxylic acids is 1. The molecule has 1 amide bonds. The quantitative estimate of drug-likeness (QED) is 0.425. The number of hydrogen-bond donors (Lipinski definition) is 5. The maximum atomic E-state index is 12.1. The van der Waals surface area contributed by atoms with Gasteiger partial charge in [-0.2, -0.15) is 0 Å². The lowest BCUT2D eigenvalue weighted by Gasteiger charge is -2.17. The predicted octanol–water partition coefficient (Wildman–Crippen LogP) is -2.26. The predicted molar refractivity (Wildman–Crippen MR) is 76.6 cm³/mol. The van der Waals surface area contributed by atoms with E-state index < -0.39 is 42.6 Å². The van der Waals surface area contributed by atoms with Gasteiger partial charge in [0.25, 0.3) is 11.5 Å². The minimum atomic E-state index is -1.37. The van der Waals surface area contributed by atoms with Crippen LogP contribution in [-0.2, 0) is 4.74 Å². The Morgan fingerprint density at radius 2 is 2.17 bits per heavy atom. The summed E-state index contributed by atoms with van der Waals surface area (Å²) in [7, 11) is 0. The number of amides is 1. The lowest BCUT2D eigenvalue weighted by Crippen LogP contribution is -2.33. The number of rotatable bonds is 3. The fourth-order valence-corrected chi connectivity index (χ4v) is 2.76. The summed E-state index contributed by atoms with van der Waals surface area (Å²) in [5.41, 5.74) is 4.75. The van der Waals surface area contributed by atoms with Gasteiger partial charge in [0.15, 0.2) is 11.9 Å². The largest absolute Gasteiger partial charge is 0.394 e. The number of carbonyl (C=O) groups is 1. The average molecular weight is 324 g/mol. The first kappa shape index (κ1) is 15.6. The second-order valence-electron chi connectivity index (χ2n) is 5.39. The molecular weight excluding hydrogens is 308 g/mol. The fraction of sp³-hybridized carbons (Fsp3) is 0.462. The summed E-state index contributed by atoms with van der Waals surface area (Å²) >= 11 is 0. The van der Waals surface area contributed by atoms with E-state index in [0.29, 0.717) is 5.82 Å². The zero-order valence-electron chi connectivity index (χ0n) is 12.1. The van der Waals surface area contributed by atoms with Gasteiger partial charge in [0.2, 0.25) is 0 Å². The van der Waals surface area contributed by atoms with Gasteiger partial charge < -0.3 is 35.3 Å². The topological polar surface area (TPSA) is 164 Å². The molecule has 0 aliphatic carbocycles. The number of nitrogens with zero attached hydrogens (tertiary/aromatic N) is 2. The summed E-state index contributed by atoms with van der Waals surface area (Å²) in [5.74, 6) is -0.540. The Labute approximate surface area is 129 Å². The molecule has 10 heteroatoms. The Morgan fingerprint density at radius 1 is 1.48 bits per heavy atom. The fourth-order valence-electron chi connectivity index (χ4n) is 2.76. The number of hydrogen-bond acceptors (Lipinski definition) is 7. The first-order valence-corrected chi connectivity index (χ1v) is 6.89. The molecule has 1 saturated heterocycles. The molecule has 6 N–H and O–H groups in total. The van der Waals surface area contributed by atoms with E-state index in [1.165, 1.54) is 10.8 Å². The minimum Gasteiger partial charge on any atom is -0.394 e. The van der Waals surface area contributed by atoms with E-state index in [2.05, 4.69) is 9.97 Å². The number of nitrogens with two attached hydrogens (primary N) is 1. The van der Waals surface area contributed by atoms with Crippen molar-refractivity contribution < 1.29 is 24.9 Å². The smallest absolute Gasteiger partial charge is 0.261 e. The molecule has 1 aliphatic heterocycles. The number of aromatic amines is 1. The van der Waals surface area contributed by atoms with Crippen LogP contribution in [-0.4, -0.2) is 60.7 Å². The van der Waals surface area contributed by atoms with Gasteiger partial charge in [0.1, 0.15) is 24.1 Å². The van der Waals surface area contributed by atoms with Crippen molar-refractivity contribution in [2.75, 3.05) is 6.61 Å². The van der Waals surface area contributed by atoms with Gasteiger partial charge in [-0.3, -0.25) is 9.59 Å². The van der Waals surface area contributed by atoms with Gasteiger partial charge in [-0.25, -0.2) is 4.98 Å². The van der Waals surface area contributed by atoms with Gasteiger partial charge in [-0.05, 0) is 6.92 Å². The second kappa shape index (κ2) is 5.42. The average Bonchev–Trinajstić information content (AvgIpc) is 2.99. The number of aliphatic hydroxyl groups excluding tert-OH is 3. The van der Waals surface area contributed by atoms with Crippen molar-refractivity contribution in [3.8, 4) is 0 Å². The van der Waals surface area contributed by atoms with E-state index in [-0.39, 0.29) is 16.6 Å². The van der Waals surface area contributed by atoms with Gasteiger partial charge in [-0.1, -0.05) is 0 Å². The van der Waals surface area contributed by atoms with E-state index in [9.17, 15) is 19.8 Å². The van der Waals surface area contributed by atoms with Crippen LogP contribution >= 0.6 is 0 Å². The van der Waals surface area contributed by atoms with Gasteiger partial charge in [0.05, 0.1) is 17.6 Å². The number of fused-ring (bicyclic) bond motifs is 1. The maximum absolute atomic E-state index is 12.1. The third kappa shape index (κ3) is 2.32. The molecular formula is C13H16N4O6. The molecule has 0 aromatic carbocycles. The highest BCUT2D eigenvalue weighted by molar-refractivity contribution is 6.05. The van der Waals surface area contributed by atoms with Crippen LogP contribution in [0.5, 0.6) is 0 Å². The van der Waals surface area contributed by atoms with Gasteiger partial charge in [-0.15, -0.1) is 0 Å². The monoisotopic (exact) mass is 324 g/mol. The molecule has 4 atom stereocenters. The van der Waals surface area contributed by atoms with Crippen molar-refractivity contribution in [2.24, 2.45) is 5.73 Å². The van der Waals surface area contributed by atoms with E-state index in [1.54, 1.807) is 6.92 Å². The van der Waals surface area contributed by atoms with Crippen molar-refractivity contribution >= 4 is 16.9 Å². The van der Waals surface area contributed by atoms with E-state index in [1.807, 2.05) is 0 Å². The molecule has 0 saturated carbocycles. The van der Waals surface area contributed by atoms with Crippen LogP contribution in [0.3, 0.4) is 0 Å². The number of ether oxygens (including phenoxy) is 1. The molecule has 1 fully saturated rings. The highest BCUT2D eigenvalue weighted by atomic mass is 16.6. The van der Waals surface area contributed by atoms with E-state index in [0.717, 1.165) is 0 Å². The lowest BCUT2D eigenvalue weighted by atomic mass is 10.1. The molecule has 0 unspecified atom stereocenters. The van der Waals surface area contributed by atoms with Crippen molar-refractivity contribution in [1.82, 2.24) is 14.5 Å². The first-order chi connectivity index (χ1) is 10.8. The number of aliphatic hydroxyl groups is 3. The summed E-state index contributed by atoms with van der Waals surface area (Å²) in [6.45, 7) is 1.06. The Bertz CT molecular complexity index is 828. The number of aryl methyl sites for hydroxylation is 1. The highest BCUT2D eigenvalue weighted by Crippen LogP contribution is 2.32. The number of nitrogens with one attached hydrogen (secondary N) is 1. The summed E-state index contributed by atoms with van der Waals surface area (Å²) in [6.07, 6.45) is -3.55. The lowest BCUT2D eigenvalue weighted by molar-refractivity contribution is -0.0509. The number of aromatic nitrogens is 3. The molecule has 2 aromatic rings. The first-order valence-electron chi connectivity index (χ1n) is 6.89. The molecule has 3 heterocycles. The molecule has 0 radical (unpaired) electrons. The Balaban J connectivity index is 2.23. The highest BCUT2D eigenvalue weighted by Gasteiger charge is 2.44. The van der Waals surface area contributed by atoms with Crippen LogP contribution in [0.25, 0.3) is 11.0 Å². The van der Waals surface area contributed by atoms with Crippen LogP contribution in [0.2, 0.25) is 0 Å². The van der Waals surface area contributed by atoms with E-state index in [4.69, 9.17) is 15.6 Å². The Hall–Kier alpha value is -2.27. The van der Waals surface area contributed by atoms with E-state index >= 15 is 0 Å². The minimum absolute atomic E-state index is 0.0270. The summed E-state index contributed by atoms with van der Waals surface area (Å²) < 4.78 is 6.68. The van der Waals surface area contributed by atoms with Crippen LogP contribution in [0, 0.1) is 6.92 Å². The molecule has 23 heavy (non-hydrogen) atoms. The SMILES string of the molecule is Cc1nc2c(c(C(N)=O)cn2[C@@H]2O[C@H](CO)[C@@H](O)[C@H]2O)c(=O)[nH]1. The van der Waals surface area contributed by atoms with Crippen molar-refractivity contribution in [2.45, 2.75) is 31.5 Å². The molecule has 3 rings (SSSR count). The van der Waals surface area contributed by atoms with Crippen LogP contribution in [0.4, 0.5) is 0 Å². The number of primary amides is 1. The molecule has 0 bridgehead atoms. The maximum Gasteiger partial charge on any atom is 0.261 e. The second-order valence-corrected chi connectivity index (χ2v) is 5.39. The van der Waals surface area contributed by atoms with Crippen molar-refractivity contribution in [1.29, 1.82) is 0 Å². The van der Waals surface area contributed by atoms with Crippen LogP contribution in [0.15, 0.2) is 11.0 Å². The molecule has 1 aliphatic rings. The van der Waals surface area contributed by atoms with Crippen LogP contribution in [0.1, 0.15) is 22.4 Å². The molecule has 124 valence electrons. The summed E-state index contributed by atoms with van der Waals surface area (Å²) in [6, 6.07) is 0. The standard InChI is InChI=1S/C13H16N4O6/c1-4-15-11-7(12(22)16-4)5(10(14)21)2-17(11)13-9(20)8(19)6(3-18)23-13/h2,6,8-9,13,18-20H,3H2,1H3,(H2,14,21)(H,15,16,22)/t6-,8-,9-,13-/m1/s1. The Morgan fingerprint density at radius 3 is 2.74 bits per heavy atom. The summed E-state index contributed by atoms with van der Waals surface area (Å²) in [5, 5.41) is 29.1. The zero-order valence-corrected chi connectivity index (χ0v) is 12.1. The van der Waals surface area contributed by atoms with Crippen molar-refractivity contribution in [3.63, 3.8) is 0 Å². The Kier molecular flexibility index (Phi) is 3.68. The zero-order chi connectivity index (χ0) is 16.9. The summed E-state index contributed by atoms with van der Waals surface area (Å²) in [4.78, 5) is 30.3. The normalized spacial score (nSPS) is 27.7. The van der Waals surface area contributed by atoms with Gasteiger partial charge in [0, 0.05) is 6.20 Å². The van der Waals surface area contributed by atoms with Gasteiger partial charge >= 0.3 is 0 Å². The molecule has 2 aromatic heterocycles. The van der Waals surface area contributed by atoms with Crippen molar-refractivity contribution in [3.05, 3.63) is 27.9 Å². The molecule has 0 spiro atoms. The third-order valence-electron chi connectivity index (χ3n) is 3.86.